The number of primary amides is 1. The molecule has 0 fully saturated rings. The SMILES string of the molecule is COc1ccc2c(c1)C(=O)N(C[C@@H](C(=O)NC(N)=O)c1cc3ncccc3o1)C2. The van der Waals surface area contributed by atoms with Crippen LogP contribution in [0.15, 0.2) is 47.0 Å². The number of methoxy groups -OCH3 is 1. The second kappa shape index (κ2) is 7.27. The first-order valence-electron chi connectivity index (χ1n) is 8.87. The third-order valence-corrected chi connectivity index (χ3v) is 4.81. The number of hydrogen-bond acceptors (Lipinski definition) is 6. The lowest BCUT2D eigenvalue weighted by Gasteiger charge is -2.21. The number of imide groups is 1. The highest BCUT2D eigenvalue weighted by molar-refractivity contribution is 6.00. The quantitative estimate of drug-likeness (QED) is 0.679. The molecular formula is C20H18N4O5. The first-order chi connectivity index (χ1) is 14.0. The van der Waals surface area contributed by atoms with Gasteiger partial charge in [0.25, 0.3) is 5.91 Å². The largest absolute Gasteiger partial charge is 0.497 e. The van der Waals surface area contributed by atoms with Crippen LogP contribution >= 0.6 is 0 Å². The van der Waals surface area contributed by atoms with Gasteiger partial charge in [0, 0.05) is 30.9 Å². The smallest absolute Gasteiger partial charge is 0.318 e. The monoisotopic (exact) mass is 394 g/mol. The van der Waals surface area contributed by atoms with E-state index in [-0.39, 0.29) is 12.5 Å². The summed E-state index contributed by atoms with van der Waals surface area (Å²) in [5.41, 5.74) is 7.53. The van der Waals surface area contributed by atoms with E-state index < -0.39 is 17.9 Å². The third kappa shape index (κ3) is 3.49. The molecule has 9 nitrogen and oxygen atoms in total. The average Bonchev–Trinajstić information content (AvgIpc) is 3.26. The number of urea groups is 1. The van der Waals surface area contributed by atoms with Gasteiger partial charge in [0.15, 0.2) is 5.58 Å². The van der Waals surface area contributed by atoms with Gasteiger partial charge in [0.2, 0.25) is 5.91 Å². The highest BCUT2D eigenvalue weighted by Gasteiger charge is 2.34. The van der Waals surface area contributed by atoms with E-state index in [1.165, 1.54) is 12.0 Å². The molecule has 1 aliphatic rings. The van der Waals surface area contributed by atoms with Crippen molar-refractivity contribution in [2.45, 2.75) is 12.5 Å². The Morgan fingerprint density at radius 2 is 2.17 bits per heavy atom. The second-order valence-electron chi connectivity index (χ2n) is 6.65. The Hall–Kier alpha value is -3.88. The molecule has 4 rings (SSSR count). The van der Waals surface area contributed by atoms with Crippen LogP contribution in [0, 0.1) is 0 Å². The molecule has 0 saturated heterocycles. The van der Waals surface area contributed by atoms with Gasteiger partial charge in [-0.15, -0.1) is 0 Å². The fourth-order valence-electron chi connectivity index (χ4n) is 3.41. The number of amides is 4. The molecule has 0 aliphatic carbocycles. The second-order valence-corrected chi connectivity index (χ2v) is 6.65. The molecule has 0 unspecified atom stereocenters. The Kier molecular flexibility index (Phi) is 4.63. The third-order valence-electron chi connectivity index (χ3n) is 4.81. The summed E-state index contributed by atoms with van der Waals surface area (Å²) in [5, 5.41) is 2.08. The lowest BCUT2D eigenvalue weighted by molar-refractivity contribution is -0.122. The summed E-state index contributed by atoms with van der Waals surface area (Å²) in [4.78, 5) is 42.4. The summed E-state index contributed by atoms with van der Waals surface area (Å²) in [6.07, 6.45) is 1.61. The summed E-state index contributed by atoms with van der Waals surface area (Å²) < 4.78 is 10.9. The van der Waals surface area contributed by atoms with E-state index in [1.54, 1.807) is 36.5 Å². The minimum atomic E-state index is -0.977. The van der Waals surface area contributed by atoms with E-state index in [0.717, 1.165) is 5.56 Å². The maximum absolute atomic E-state index is 12.9. The van der Waals surface area contributed by atoms with Crippen LogP contribution in [-0.4, -0.2) is 41.4 Å². The Labute approximate surface area is 165 Å². The molecule has 1 aliphatic heterocycles. The summed E-state index contributed by atoms with van der Waals surface area (Å²) in [6, 6.07) is 9.33. The van der Waals surface area contributed by atoms with Crippen LogP contribution in [0.2, 0.25) is 0 Å². The average molecular weight is 394 g/mol. The van der Waals surface area contributed by atoms with Crippen molar-refractivity contribution in [1.82, 2.24) is 15.2 Å². The first-order valence-corrected chi connectivity index (χ1v) is 8.87. The standard InChI is InChI=1S/C20H18N4O5/c1-28-12-5-4-11-9-24(19(26)13(11)7-12)10-14(18(25)23-20(21)27)17-8-15-16(29-17)3-2-6-22-15/h2-8,14H,9-10H2,1H3,(H3,21,23,25,27)/t14-/m1/s1. The number of benzene rings is 1. The number of fused-ring (bicyclic) bond motifs is 2. The number of pyridine rings is 1. The molecule has 0 radical (unpaired) electrons. The molecule has 0 spiro atoms. The highest BCUT2D eigenvalue weighted by Crippen LogP contribution is 2.30. The number of rotatable bonds is 5. The van der Waals surface area contributed by atoms with E-state index >= 15 is 0 Å². The predicted molar refractivity (Wildman–Crippen MR) is 102 cm³/mol. The van der Waals surface area contributed by atoms with Crippen molar-refractivity contribution in [3.8, 4) is 5.75 Å². The molecule has 9 heteroatoms. The van der Waals surface area contributed by atoms with Gasteiger partial charge in [-0.3, -0.25) is 19.9 Å². The maximum atomic E-state index is 12.9. The topological polar surface area (TPSA) is 128 Å². The van der Waals surface area contributed by atoms with Crippen molar-refractivity contribution in [3.63, 3.8) is 0 Å². The van der Waals surface area contributed by atoms with Crippen LogP contribution < -0.4 is 15.8 Å². The van der Waals surface area contributed by atoms with Crippen molar-refractivity contribution in [2.24, 2.45) is 5.73 Å². The zero-order valence-corrected chi connectivity index (χ0v) is 15.5. The lowest BCUT2D eigenvalue weighted by Crippen LogP contribution is -2.42. The van der Waals surface area contributed by atoms with E-state index in [0.29, 0.717) is 34.7 Å². The van der Waals surface area contributed by atoms with Crippen molar-refractivity contribution >= 4 is 28.9 Å². The summed E-state index contributed by atoms with van der Waals surface area (Å²) in [7, 11) is 1.53. The van der Waals surface area contributed by atoms with Crippen LogP contribution in [0.5, 0.6) is 5.75 Å². The van der Waals surface area contributed by atoms with Gasteiger partial charge in [-0.05, 0) is 29.8 Å². The molecular weight excluding hydrogens is 376 g/mol. The zero-order valence-electron chi connectivity index (χ0n) is 15.5. The molecule has 0 saturated carbocycles. The van der Waals surface area contributed by atoms with Crippen LogP contribution in [0.3, 0.4) is 0 Å². The number of nitrogens with two attached hydrogens (primary N) is 1. The minimum Gasteiger partial charge on any atom is -0.497 e. The summed E-state index contributed by atoms with van der Waals surface area (Å²) >= 11 is 0. The fourth-order valence-corrected chi connectivity index (χ4v) is 3.41. The summed E-state index contributed by atoms with van der Waals surface area (Å²) in [6.45, 7) is 0.339. The number of hydrogen-bond donors (Lipinski definition) is 2. The Balaban J connectivity index is 1.64. The maximum Gasteiger partial charge on any atom is 0.318 e. The van der Waals surface area contributed by atoms with E-state index in [9.17, 15) is 14.4 Å². The molecule has 0 bridgehead atoms. The fraction of sp³-hybridized carbons (Fsp3) is 0.200. The number of furan rings is 1. The number of carbonyl (C=O) groups is 3. The predicted octanol–water partition coefficient (Wildman–Crippen LogP) is 1.77. The van der Waals surface area contributed by atoms with Crippen LogP contribution in [-0.2, 0) is 11.3 Å². The zero-order chi connectivity index (χ0) is 20.5. The molecule has 148 valence electrons. The van der Waals surface area contributed by atoms with Gasteiger partial charge in [-0.1, -0.05) is 6.07 Å². The number of ether oxygens (including phenoxy) is 1. The molecule has 1 atom stereocenters. The molecule has 29 heavy (non-hydrogen) atoms. The van der Waals surface area contributed by atoms with Crippen molar-refractivity contribution in [2.75, 3.05) is 13.7 Å². The Morgan fingerprint density at radius 1 is 1.34 bits per heavy atom. The van der Waals surface area contributed by atoms with E-state index in [1.807, 2.05) is 6.07 Å². The number of nitrogens with one attached hydrogen (secondary N) is 1. The number of nitrogens with zero attached hydrogens (tertiary/aromatic N) is 2. The molecule has 2 aromatic heterocycles. The van der Waals surface area contributed by atoms with Gasteiger partial charge in [-0.2, -0.15) is 0 Å². The minimum absolute atomic E-state index is 0.00869. The Bertz CT molecular complexity index is 1090. The van der Waals surface area contributed by atoms with Crippen molar-refractivity contribution in [1.29, 1.82) is 0 Å². The summed E-state index contributed by atoms with van der Waals surface area (Å²) in [5.74, 6) is -0.955. The Morgan fingerprint density at radius 3 is 2.90 bits per heavy atom. The molecule has 3 aromatic rings. The first kappa shape index (κ1) is 18.5. The molecule has 3 heterocycles. The van der Waals surface area contributed by atoms with Gasteiger partial charge < -0.3 is 19.8 Å². The molecule has 4 amide bonds. The van der Waals surface area contributed by atoms with Crippen LogP contribution in [0.4, 0.5) is 4.79 Å². The van der Waals surface area contributed by atoms with Crippen LogP contribution in [0.25, 0.3) is 11.1 Å². The van der Waals surface area contributed by atoms with Gasteiger partial charge in [0.05, 0.1) is 7.11 Å². The van der Waals surface area contributed by atoms with Crippen LogP contribution in [0.1, 0.15) is 27.6 Å². The van der Waals surface area contributed by atoms with Crippen molar-refractivity contribution < 1.29 is 23.5 Å². The van der Waals surface area contributed by atoms with E-state index in [4.69, 9.17) is 14.9 Å². The molecule has 3 N–H and O–H groups in total. The normalized spacial score (nSPS) is 14.0. The van der Waals surface area contributed by atoms with Gasteiger partial charge in [-0.25, -0.2) is 4.79 Å². The number of aromatic nitrogens is 1. The highest BCUT2D eigenvalue weighted by atomic mass is 16.5. The van der Waals surface area contributed by atoms with Crippen molar-refractivity contribution in [3.05, 3.63) is 59.5 Å². The van der Waals surface area contributed by atoms with Gasteiger partial charge in [0.1, 0.15) is 22.9 Å². The molecule has 1 aromatic carbocycles. The lowest BCUT2D eigenvalue weighted by atomic mass is 10.0. The van der Waals surface area contributed by atoms with E-state index in [2.05, 4.69) is 10.3 Å². The van der Waals surface area contributed by atoms with Gasteiger partial charge >= 0.3 is 6.03 Å². The number of carbonyl (C=O) groups excluding carboxylic acids is 3.